The molecular weight excluding hydrogens is 528 g/mol. The van der Waals surface area contributed by atoms with E-state index in [1.807, 2.05) is 6.07 Å². The lowest BCUT2D eigenvalue weighted by atomic mass is 9.98. The Morgan fingerprint density at radius 3 is 2.50 bits per heavy atom. The smallest absolute Gasteiger partial charge is 0.419 e. The summed E-state index contributed by atoms with van der Waals surface area (Å²) in [5.74, 6) is -0.379. The van der Waals surface area contributed by atoms with Crippen LogP contribution in [0.3, 0.4) is 0 Å². The van der Waals surface area contributed by atoms with Crippen molar-refractivity contribution in [2.45, 2.75) is 32.9 Å². The van der Waals surface area contributed by atoms with E-state index in [1.54, 1.807) is 39.0 Å². The number of rotatable bonds is 4. The fourth-order valence-electron chi connectivity index (χ4n) is 3.86. The van der Waals surface area contributed by atoms with Crippen molar-refractivity contribution in [3.05, 3.63) is 45.9 Å². The first-order valence-electron chi connectivity index (χ1n) is 10.3. The van der Waals surface area contributed by atoms with Gasteiger partial charge in [0.05, 0.1) is 30.1 Å². The summed E-state index contributed by atoms with van der Waals surface area (Å²) in [7, 11) is -2.53. The maximum atomic E-state index is 13.3. The Balaban J connectivity index is 2.05. The molecule has 11 heteroatoms. The summed E-state index contributed by atoms with van der Waals surface area (Å²) in [5, 5.41) is 3.43. The van der Waals surface area contributed by atoms with E-state index < -0.39 is 27.7 Å². The zero-order valence-corrected chi connectivity index (χ0v) is 21.6. The van der Waals surface area contributed by atoms with Gasteiger partial charge < -0.3 is 19.0 Å². The Labute approximate surface area is 205 Å². The lowest BCUT2D eigenvalue weighted by Gasteiger charge is -2.22. The van der Waals surface area contributed by atoms with E-state index in [0.29, 0.717) is 22.3 Å². The Morgan fingerprint density at radius 2 is 1.88 bits per heavy atom. The van der Waals surface area contributed by atoms with Crippen LogP contribution in [0.2, 0.25) is 0 Å². The molecule has 0 radical (unpaired) electrons. The lowest BCUT2D eigenvalue weighted by molar-refractivity contribution is 0.0547. The van der Waals surface area contributed by atoms with Gasteiger partial charge in [0.2, 0.25) is 0 Å². The number of benzene rings is 2. The maximum Gasteiger partial charge on any atom is 0.419 e. The summed E-state index contributed by atoms with van der Waals surface area (Å²) in [6.07, 6.45) is 0.289. The van der Waals surface area contributed by atoms with E-state index in [2.05, 4.69) is 21.2 Å². The summed E-state index contributed by atoms with van der Waals surface area (Å²) >= 11 is 3.44. The topological polar surface area (TPSA) is 113 Å². The van der Waals surface area contributed by atoms with Crippen LogP contribution in [-0.4, -0.2) is 44.0 Å². The van der Waals surface area contributed by atoms with E-state index >= 15 is 0 Å². The van der Waals surface area contributed by atoms with Crippen LogP contribution in [0.15, 0.2) is 34.8 Å². The van der Waals surface area contributed by atoms with Gasteiger partial charge in [-0.25, -0.2) is 9.36 Å². The molecule has 0 aliphatic carbocycles. The van der Waals surface area contributed by atoms with Gasteiger partial charge in [-0.3, -0.25) is 4.79 Å². The molecule has 0 unspecified atom stereocenters. The Hall–Kier alpha value is -3.05. The van der Waals surface area contributed by atoms with Crippen LogP contribution in [-0.2, 0) is 21.4 Å². The molecule has 34 heavy (non-hydrogen) atoms. The van der Waals surface area contributed by atoms with Gasteiger partial charge in [0, 0.05) is 27.5 Å². The van der Waals surface area contributed by atoms with E-state index in [9.17, 15) is 18.0 Å². The van der Waals surface area contributed by atoms with Gasteiger partial charge in [-0.2, -0.15) is 8.42 Å². The normalized spacial score (nSPS) is 13.5. The summed E-state index contributed by atoms with van der Waals surface area (Å²) in [6, 6.07) is 8.67. The average molecular weight is 551 g/mol. The second-order valence-corrected chi connectivity index (χ2v) is 11.3. The van der Waals surface area contributed by atoms with E-state index in [0.717, 1.165) is 16.1 Å². The van der Waals surface area contributed by atoms with Crippen LogP contribution in [0.25, 0.3) is 22.2 Å². The zero-order chi connectivity index (χ0) is 25.0. The molecular formula is C23H23BrN2O7S. The predicted molar refractivity (Wildman–Crippen MR) is 130 cm³/mol. The molecule has 1 aliphatic rings. The van der Waals surface area contributed by atoms with Crippen molar-refractivity contribution < 1.29 is 31.7 Å². The predicted octanol–water partition coefficient (Wildman–Crippen LogP) is 4.44. The molecule has 0 saturated heterocycles. The van der Waals surface area contributed by atoms with Crippen LogP contribution in [0.4, 0.5) is 4.79 Å². The van der Waals surface area contributed by atoms with Gasteiger partial charge in [-0.05, 0) is 51.1 Å². The number of fused-ring (bicyclic) bond motifs is 2. The van der Waals surface area contributed by atoms with Crippen molar-refractivity contribution in [2.75, 3.05) is 13.4 Å². The summed E-state index contributed by atoms with van der Waals surface area (Å²) < 4.78 is 42.2. The fraction of sp³-hybridized carbons (Fsp3) is 0.304. The highest BCUT2D eigenvalue weighted by Crippen LogP contribution is 2.44. The summed E-state index contributed by atoms with van der Waals surface area (Å²) in [6.45, 7) is 5.33. The molecule has 0 fully saturated rings. The molecule has 0 atom stereocenters. The molecule has 0 saturated carbocycles. The monoisotopic (exact) mass is 550 g/mol. The third-order valence-electron chi connectivity index (χ3n) is 5.07. The summed E-state index contributed by atoms with van der Waals surface area (Å²) in [5.41, 5.74) is 1.11. The first kappa shape index (κ1) is 24.1. The zero-order valence-electron chi connectivity index (χ0n) is 19.2. The van der Waals surface area contributed by atoms with Crippen molar-refractivity contribution in [1.29, 1.82) is 0 Å². The van der Waals surface area contributed by atoms with E-state index in [4.69, 9.17) is 13.7 Å². The molecule has 0 spiro atoms. The second-order valence-electron chi connectivity index (χ2n) is 8.83. The van der Waals surface area contributed by atoms with Crippen molar-refractivity contribution in [1.82, 2.24) is 9.88 Å². The molecule has 2 heterocycles. The fourth-order valence-corrected chi connectivity index (χ4v) is 4.73. The number of amides is 1. The van der Waals surface area contributed by atoms with Crippen molar-refractivity contribution in [3.8, 4) is 22.8 Å². The molecule has 1 N–H and O–H groups in total. The number of ether oxygens (including phenoxy) is 2. The van der Waals surface area contributed by atoms with E-state index in [-0.39, 0.29) is 23.6 Å². The van der Waals surface area contributed by atoms with Crippen molar-refractivity contribution in [3.63, 3.8) is 0 Å². The van der Waals surface area contributed by atoms with Crippen LogP contribution >= 0.6 is 15.9 Å². The van der Waals surface area contributed by atoms with Crippen LogP contribution in [0, 0.1) is 0 Å². The SMILES string of the molecule is COc1cc(-c2cc3cc(Br)ccc3n2C(=O)OC(C)(C)C)c2c(c1OS(C)(=O)=O)CNC2=O. The number of hydrogen-bond donors (Lipinski definition) is 1. The largest absolute Gasteiger partial charge is 0.493 e. The molecule has 1 aromatic heterocycles. The molecule has 9 nitrogen and oxygen atoms in total. The first-order chi connectivity index (χ1) is 15.8. The molecule has 3 aromatic rings. The Morgan fingerprint density at radius 1 is 1.18 bits per heavy atom. The van der Waals surface area contributed by atoms with Crippen molar-refractivity contribution in [2.24, 2.45) is 0 Å². The summed E-state index contributed by atoms with van der Waals surface area (Å²) in [4.78, 5) is 26.2. The van der Waals surface area contributed by atoms with Crippen molar-refractivity contribution >= 4 is 49.0 Å². The van der Waals surface area contributed by atoms with Crippen LogP contribution in [0.1, 0.15) is 36.7 Å². The average Bonchev–Trinajstić information content (AvgIpc) is 3.27. The van der Waals surface area contributed by atoms with E-state index in [1.165, 1.54) is 17.7 Å². The molecule has 1 aliphatic heterocycles. The second kappa shape index (κ2) is 8.31. The van der Waals surface area contributed by atoms with Gasteiger partial charge in [0.15, 0.2) is 11.5 Å². The Bertz CT molecular complexity index is 1450. The number of nitrogens with zero attached hydrogens (tertiary/aromatic N) is 1. The minimum atomic E-state index is -3.90. The number of halogens is 1. The minimum Gasteiger partial charge on any atom is -0.493 e. The van der Waals surface area contributed by atoms with Crippen LogP contribution < -0.4 is 14.2 Å². The molecule has 4 rings (SSSR count). The molecule has 0 bridgehead atoms. The number of aromatic nitrogens is 1. The van der Waals surface area contributed by atoms with Gasteiger partial charge in [-0.15, -0.1) is 0 Å². The molecule has 1 amide bonds. The number of carbonyl (C=O) groups is 2. The molecule has 180 valence electrons. The quantitative estimate of drug-likeness (QED) is 0.477. The lowest BCUT2D eigenvalue weighted by Crippen LogP contribution is -2.27. The van der Waals surface area contributed by atoms with Gasteiger partial charge in [0.25, 0.3) is 5.91 Å². The van der Waals surface area contributed by atoms with Gasteiger partial charge >= 0.3 is 16.2 Å². The molecule has 2 aromatic carbocycles. The number of methoxy groups -OCH3 is 1. The number of nitrogens with one attached hydrogen (secondary N) is 1. The first-order valence-corrected chi connectivity index (χ1v) is 12.9. The Kier molecular flexibility index (Phi) is 5.89. The van der Waals surface area contributed by atoms with Gasteiger partial charge in [-0.1, -0.05) is 15.9 Å². The number of carbonyl (C=O) groups excluding carboxylic acids is 2. The minimum absolute atomic E-state index is 0.0431. The maximum absolute atomic E-state index is 13.3. The third-order valence-corrected chi connectivity index (χ3v) is 6.03. The highest BCUT2D eigenvalue weighted by molar-refractivity contribution is 9.10. The third kappa shape index (κ3) is 4.49. The number of hydrogen-bond acceptors (Lipinski definition) is 7. The standard InChI is InChI=1S/C23H23BrN2O7S/c1-23(2,3)32-22(28)26-16-7-6-13(24)8-12(16)9-17(26)14-10-18(31-4)20(33-34(5,29)30)15-11-25-21(27)19(14)15/h6-10H,11H2,1-5H3,(H,25,27). The van der Waals surface area contributed by atoms with Gasteiger partial charge in [0.1, 0.15) is 5.60 Å². The highest BCUT2D eigenvalue weighted by Gasteiger charge is 2.34. The highest BCUT2D eigenvalue weighted by atomic mass is 79.9. The van der Waals surface area contributed by atoms with Crippen LogP contribution in [0.5, 0.6) is 11.5 Å².